The normalized spacial score (nSPS) is 35.1. The Labute approximate surface area is 84.2 Å². The SMILES string of the molecule is CC1(O)C(O)=C(C(=O)O)OC1(C)C(=O)O. The summed E-state index contributed by atoms with van der Waals surface area (Å²) in [5.74, 6) is -5.17. The summed E-state index contributed by atoms with van der Waals surface area (Å²) in [4.78, 5) is 21.4. The second kappa shape index (κ2) is 2.86. The summed E-state index contributed by atoms with van der Waals surface area (Å²) >= 11 is 0. The predicted molar refractivity (Wildman–Crippen MR) is 45.0 cm³/mol. The van der Waals surface area contributed by atoms with Crippen molar-refractivity contribution in [3.63, 3.8) is 0 Å². The topological polar surface area (TPSA) is 124 Å². The second-order valence-corrected chi connectivity index (χ2v) is 3.50. The first-order chi connectivity index (χ1) is 6.64. The van der Waals surface area contributed by atoms with Crippen LogP contribution in [-0.4, -0.2) is 43.6 Å². The van der Waals surface area contributed by atoms with E-state index in [1.165, 1.54) is 0 Å². The lowest BCUT2D eigenvalue weighted by Gasteiger charge is -2.30. The van der Waals surface area contributed by atoms with Crippen LogP contribution in [0, 0.1) is 0 Å². The van der Waals surface area contributed by atoms with E-state index in [-0.39, 0.29) is 0 Å². The zero-order valence-electron chi connectivity index (χ0n) is 8.01. The molecule has 2 unspecified atom stereocenters. The third kappa shape index (κ3) is 1.23. The van der Waals surface area contributed by atoms with Crippen molar-refractivity contribution in [2.45, 2.75) is 25.0 Å². The summed E-state index contributed by atoms with van der Waals surface area (Å²) in [6.45, 7) is 1.94. The highest BCUT2D eigenvalue weighted by atomic mass is 16.6. The molecule has 7 nitrogen and oxygen atoms in total. The van der Waals surface area contributed by atoms with E-state index in [0.29, 0.717) is 0 Å². The van der Waals surface area contributed by atoms with Crippen LogP contribution >= 0.6 is 0 Å². The Kier molecular flexibility index (Phi) is 2.16. The number of ether oxygens (including phenoxy) is 1. The highest BCUT2D eigenvalue weighted by molar-refractivity contribution is 5.90. The Hall–Kier alpha value is -1.76. The molecule has 0 saturated heterocycles. The van der Waals surface area contributed by atoms with E-state index >= 15 is 0 Å². The fourth-order valence-electron chi connectivity index (χ4n) is 1.20. The van der Waals surface area contributed by atoms with Crippen LogP contribution in [0.25, 0.3) is 0 Å². The van der Waals surface area contributed by atoms with Gasteiger partial charge < -0.3 is 25.2 Å². The van der Waals surface area contributed by atoms with Crippen LogP contribution in [0.2, 0.25) is 0 Å². The Morgan fingerprint density at radius 2 is 1.73 bits per heavy atom. The van der Waals surface area contributed by atoms with Gasteiger partial charge in [0.05, 0.1) is 0 Å². The molecule has 0 aliphatic carbocycles. The molecule has 1 aliphatic rings. The lowest BCUT2D eigenvalue weighted by molar-refractivity contribution is -0.177. The average molecular weight is 218 g/mol. The number of carboxylic acid groups (broad SMARTS) is 2. The lowest BCUT2D eigenvalue weighted by atomic mass is 9.86. The van der Waals surface area contributed by atoms with Gasteiger partial charge in [0, 0.05) is 0 Å². The van der Waals surface area contributed by atoms with Gasteiger partial charge >= 0.3 is 11.9 Å². The first-order valence-corrected chi connectivity index (χ1v) is 3.96. The summed E-state index contributed by atoms with van der Waals surface area (Å²) in [6.07, 6.45) is 0. The molecule has 0 bridgehead atoms. The molecule has 0 fully saturated rings. The van der Waals surface area contributed by atoms with Crippen molar-refractivity contribution in [3.8, 4) is 0 Å². The number of carbonyl (C=O) groups is 2. The minimum Gasteiger partial charge on any atom is -0.506 e. The van der Waals surface area contributed by atoms with Crippen LogP contribution in [0.5, 0.6) is 0 Å². The predicted octanol–water partition coefficient (Wildman–Crippen LogP) is -0.535. The zero-order valence-corrected chi connectivity index (χ0v) is 8.01. The summed E-state index contributed by atoms with van der Waals surface area (Å²) in [6, 6.07) is 0. The van der Waals surface area contributed by atoms with Gasteiger partial charge in [0.15, 0.2) is 11.4 Å². The van der Waals surface area contributed by atoms with Crippen LogP contribution in [0.1, 0.15) is 13.8 Å². The van der Waals surface area contributed by atoms with Crippen molar-refractivity contribution in [1.82, 2.24) is 0 Å². The second-order valence-electron chi connectivity index (χ2n) is 3.50. The fourth-order valence-corrected chi connectivity index (χ4v) is 1.20. The number of aliphatic hydroxyl groups is 2. The third-order valence-corrected chi connectivity index (χ3v) is 2.51. The maximum absolute atomic E-state index is 10.8. The first-order valence-electron chi connectivity index (χ1n) is 3.96. The minimum atomic E-state index is -2.29. The largest absolute Gasteiger partial charge is 0.506 e. The molecule has 84 valence electrons. The average Bonchev–Trinajstić information content (AvgIpc) is 2.27. The van der Waals surface area contributed by atoms with Gasteiger partial charge in [-0.1, -0.05) is 0 Å². The maximum atomic E-state index is 10.8. The molecule has 7 heteroatoms. The summed E-state index contributed by atoms with van der Waals surface area (Å²) in [5.41, 5.74) is -4.50. The summed E-state index contributed by atoms with van der Waals surface area (Å²) in [7, 11) is 0. The van der Waals surface area contributed by atoms with Crippen molar-refractivity contribution in [2.75, 3.05) is 0 Å². The first kappa shape index (κ1) is 11.3. The quantitative estimate of drug-likeness (QED) is 0.490. The van der Waals surface area contributed by atoms with E-state index < -0.39 is 34.7 Å². The number of hydrogen-bond acceptors (Lipinski definition) is 5. The summed E-state index contributed by atoms with van der Waals surface area (Å²) < 4.78 is 4.58. The molecule has 1 rings (SSSR count). The third-order valence-electron chi connectivity index (χ3n) is 2.51. The molecule has 0 aromatic rings. The summed E-state index contributed by atoms with van der Waals surface area (Å²) in [5, 5.41) is 36.4. The van der Waals surface area contributed by atoms with Gasteiger partial charge in [-0.2, -0.15) is 0 Å². The molecule has 0 saturated carbocycles. The van der Waals surface area contributed by atoms with Gasteiger partial charge in [-0.05, 0) is 13.8 Å². The van der Waals surface area contributed by atoms with Gasteiger partial charge in [0.2, 0.25) is 11.4 Å². The Balaban J connectivity index is 3.30. The van der Waals surface area contributed by atoms with Crippen LogP contribution in [0.3, 0.4) is 0 Å². The Bertz CT molecular complexity index is 367. The number of aliphatic hydroxyl groups excluding tert-OH is 1. The molecule has 0 radical (unpaired) electrons. The van der Waals surface area contributed by atoms with Gasteiger partial charge in [0.1, 0.15) is 0 Å². The van der Waals surface area contributed by atoms with Crippen LogP contribution in [-0.2, 0) is 14.3 Å². The van der Waals surface area contributed by atoms with Crippen molar-refractivity contribution in [2.24, 2.45) is 0 Å². The van der Waals surface area contributed by atoms with E-state index in [4.69, 9.17) is 10.2 Å². The minimum absolute atomic E-state index is 0.954. The number of aliphatic carboxylic acids is 2. The Morgan fingerprint density at radius 1 is 1.27 bits per heavy atom. The molecular formula is C8H10O7. The fraction of sp³-hybridized carbons (Fsp3) is 0.500. The van der Waals surface area contributed by atoms with Crippen molar-refractivity contribution >= 4 is 11.9 Å². The molecule has 0 amide bonds. The zero-order chi connectivity index (χ0) is 12.0. The van der Waals surface area contributed by atoms with Crippen LogP contribution in [0.15, 0.2) is 11.5 Å². The monoisotopic (exact) mass is 218 g/mol. The molecule has 4 N–H and O–H groups in total. The molecule has 1 heterocycles. The molecule has 15 heavy (non-hydrogen) atoms. The molecule has 0 aromatic carbocycles. The molecule has 1 aliphatic heterocycles. The lowest BCUT2D eigenvalue weighted by Crippen LogP contribution is -2.54. The van der Waals surface area contributed by atoms with Crippen molar-refractivity contribution in [3.05, 3.63) is 11.5 Å². The highest BCUT2D eigenvalue weighted by Gasteiger charge is 2.62. The standard InChI is InChI=1S/C8H10O7/c1-7(14)4(9)3(5(10)11)15-8(7,2)6(12)13/h9,14H,1-2H3,(H,10,11)(H,12,13). The molecule has 2 atom stereocenters. The van der Waals surface area contributed by atoms with E-state index in [2.05, 4.69) is 4.74 Å². The van der Waals surface area contributed by atoms with Gasteiger partial charge in [-0.25, -0.2) is 9.59 Å². The van der Waals surface area contributed by atoms with E-state index in [9.17, 15) is 19.8 Å². The smallest absolute Gasteiger partial charge is 0.374 e. The highest BCUT2D eigenvalue weighted by Crippen LogP contribution is 2.41. The van der Waals surface area contributed by atoms with E-state index in [0.717, 1.165) is 13.8 Å². The number of hydrogen-bond donors (Lipinski definition) is 4. The molecular weight excluding hydrogens is 208 g/mol. The maximum Gasteiger partial charge on any atom is 0.374 e. The van der Waals surface area contributed by atoms with Gasteiger partial charge in [-0.3, -0.25) is 0 Å². The molecule has 0 spiro atoms. The van der Waals surface area contributed by atoms with Crippen LogP contribution < -0.4 is 0 Å². The Morgan fingerprint density at radius 3 is 1.93 bits per heavy atom. The molecule has 0 aromatic heterocycles. The van der Waals surface area contributed by atoms with Gasteiger partial charge in [0.25, 0.3) is 0 Å². The van der Waals surface area contributed by atoms with E-state index in [1.54, 1.807) is 0 Å². The van der Waals surface area contributed by atoms with Crippen molar-refractivity contribution < 1.29 is 34.8 Å². The van der Waals surface area contributed by atoms with E-state index in [1.807, 2.05) is 0 Å². The van der Waals surface area contributed by atoms with Crippen molar-refractivity contribution in [1.29, 1.82) is 0 Å². The number of rotatable bonds is 2. The van der Waals surface area contributed by atoms with Gasteiger partial charge in [-0.15, -0.1) is 0 Å². The van der Waals surface area contributed by atoms with Crippen LogP contribution in [0.4, 0.5) is 0 Å². The number of carboxylic acids is 2.